The number of benzene rings is 3. The molecule has 0 radical (unpaired) electrons. The summed E-state index contributed by atoms with van der Waals surface area (Å²) in [5, 5.41) is 13.1. The van der Waals surface area contributed by atoms with Gasteiger partial charge in [0.2, 0.25) is 0 Å². The van der Waals surface area contributed by atoms with Crippen LogP contribution in [0.3, 0.4) is 0 Å². The van der Waals surface area contributed by atoms with Crippen molar-refractivity contribution in [2.75, 3.05) is 13.1 Å². The molecule has 0 spiro atoms. The summed E-state index contributed by atoms with van der Waals surface area (Å²) in [5.41, 5.74) is 2.30. The standard InChI is InChI=1S/C22H23NO/c24-20-14-13-17-9-5-6-12-19(17)21(20)22(18-10-3-1-4-11-18)23-15-7-2-8-16-23/h1,3-6,9-14,22,24H,2,7-8,15-16H2/t22-/m1/s1. The van der Waals surface area contributed by atoms with E-state index in [4.69, 9.17) is 0 Å². The predicted molar refractivity (Wildman–Crippen MR) is 99.3 cm³/mol. The largest absolute Gasteiger partial charge is 0.508 e. The lowest BCUT2D eigenvalue weighted by molar-refractivity contribution is 0.186. The van der Waals surface area contributed by atoms with Gasteiger partial charge in [0.05, 0.1) is 6.04 Å². The third-order valence-electron chi connectivity index (χ3n) is 5.09. The molecule has 1 N–H and O–H groups in total. The number of piperidine rings is 1. The number of phenolic OH excluding ortho intramolecular Hbond substituents is 1. The highest BCUT2D eigenvalue weighted by molar-refractivity contribution is 5.88. The fourth-order valence-corrected chi connectivity index (χ4v) is 3.94. The Morgan fingerprint density at radius 2 is 1.46 bits per heavy atom. The van der Waals surface area contributed by atoms with Gasteiger partial charge in [0.25, 0.3) is 0 Å². The minimum Gasteiger partial charge on any atom is -0.508 e. The normalized spacial score (nSPS) is 17.0. The van der Waals surface area contributed by atoms with E-state index in [1.807, 2.05) is 12.1 Å². The maximum atomic E-state index is 10.7. The quantitative estimate of drug-likeness (QED) is 0.724. The molecule has 1 atom stereocenters. The average Bonchev–Trinajstić information content (AvgIpc) is 2.66. The molecule has 122 valence electrons. The molecule has 0 bridgehead atoms. The fourth-order valence-electron chi connectivity index (χ4n) is 3.94. The molecule has 0 amide bonds. The van der Waals surface area contributed by atoms with Crippen molar-refractivity contribution in [3.05, 3.63) is 77.9 Å². The molecule has 1 heterocycles. The monoisotopic (exact) mass is 317 g/mol. The van der Waals surface area contributed by atoms with Crippen molar-refractivity contribution < 1.29 is 5.11 Å². The van der Waals surface area contributed by atoms with Gasteiger partial charge >= 0.3 is 0 Å². The molecule has 0 unspecified atom stereocenters. The highest BCUT2D eigenvalue weighted by atomic mass is 16.3. The Morgan fingerprint density at radius 1 is 0.750 bits per heavy atom. The second kappa shape index (κ2) is 6.66. The molecule has 0 saturated carbocycles. The van der Waals surface area contributed by atoms with Gasteiger partial charge < -0.3 is 5.11 Å². The van der Waals surface area contributed by atoms with Crippen molar-refractivity contribution in [2.24, 2.45) is 0 Å². The van der Waals surface area contributed by atoms with E-state index in [1.54, 1.807) is 0 Å². The van der Waals surface area contributed by atoms with Gasteiger partial charge in [0.1, 0.15) is 5.75 Å². The van der Waals surface area contributed by atoms with Gasteiger partial charge in [-0.2, -0.15) is 0 Å². The van der Waals surface area contributed by atoms with E-state index in [1.165, 1.54) is 30.2 Å². The summed E-state index contributed by atoms with van der Waals surface area (Å²) >= 11 is 0. The average molecular weight is 317 g/mol. The molecular weight excluding hydrogens is 294 g/mol. The van der Waals surface area contributed by atoms with Crippen molar-refractivity contribution in [1.29, 1.82) is 0 Å². The van der Waals surface area contributed by atoms with Crippen molar-refractivity contribution in [3.8, 4) is 5.75 Å². The van der Waals surface area contributed by atoms with Gasteiger partial charge in [0.15, 0.2) is 0 Å². The molecule has 24 heavy (non-hydrogen) atoms. The lowest BCUT2D eigenvalue weighted by Gasteiger charge is -2.36. The van der Waals surface area contributed by atoms with Gasteiger partial charge in [-0.3, -0.25) is 4.90 Å². The molecule has 0 aliphatic carbocycles. The van der Waals surface area contributed by atoms with Gasteiger partial charge in [-0.1, -0.05) is 67.1 Å². The van der Waals surface area contributed by atoms with Gasteiger partial charge in [-0.05, 0) is 48.3 Å². The van der Waals surface area contributed by atoms with E-state index < -0.39 is 0 Å². The van der Waals surface area contributed by atoms with Gasteiger partial charge in [0, 0.05) is 5.56 Å². The van der Waals surface area contributed by atoms with Crippen LogP contribution < -0.4 is 0 Å². The number of likely N-dealkylation sites (tertiary alicyclic amines) is 1. The third-order valence-corrected chi connectivity index (χ3v) is 5.09. The highest BCUT2D eigenvalue weighted by Gasteiger charge is 2.27. The first-order valence-corrected chi connectivity index (χ1v) is 8.84. The van der Waals surface area contributed by atoms with Gasteiger partial charge in [-0.25, -0.2) is 0 Å². The van der Waals surface area contributed by atoms with E-state index in [9.17, 15) is 5.11 Å². The van der Waals surface area contributed by atoms with E-state index in [-0.39, 0.29) is 6.04 Å². The Balaban J connectivity index is 1.92. The SMILES string of the molecule is Oc1ccc2ccccc2c1[C@@H](c1ccccc1)N1CCCCC1. The Bertz CT molecular complexity index is 822. The second-order valence-corrected chi connectivity index (χ2v) is 6.63. The van der Waals surface area contributed by atoms with Crippen LogP contribution in [0.5, 0.6) is 5.75 Å². The minimum atomic E-state index is 0.109. The molecule has 3 aromatic rings. The fraction of sp³-hybridized carbons (Fsp3) is 0.273. The molecule has 0 aromatic heterocycles. The molecule has 2 nitrogen and oxygen atoms in total. The van der Waals surface area contributed by atoms with Gasteiger partial charge in [-0.15, -0.1) is 0 Å². The Morgan fingerprint density at radius 3 is 2.25 bits per heavy atom. The maximum Gasteiger partial charge on any atom is 0.121 e. The molecular formula is C22H23NO. The van der Waals surface area contributed by atoms with E-state index >= 15 is 0 Å². The number of aromatic hydroxyl groups is 1. The van der Waals surface area contributed by atoms with Crippen molar-refractivity contribution >= 4 is 10.8 Å². The Kier molecular flexibility index (Phi) is 4.22. The zero-order valence-electron chi connectivity index (χ0n) is 13.9. The Labute approximate surface area is 143 Å². The summed E-state index contributed by atoms with van der Waals surface area (Å²) in [6, 6.07) is 22.9. The molecule has 1 aliphatic heterocycles. The molecule has 2 heteroatoms. The van der Waals surface area contributed by atoms with Crippen LogP contribution >= 0.6 is 0 Å². The second-order valence-electron chi connectivity index (χ2n) is 6.63. The predicted octanol–water partition coefficient (Wildman–Crippen LogP) is 5.12. The van der Waals surface area contributed by atoms with Crippen LogP contribution in [0.2, 0.25) is 0 Å². The number of rotatable bonds is 3. The van der Waals surface area contributed by atoms with Crippen LogP contribution in [0.15, 0.2) is 66.7 Å². The topological polar surface area (TPSA) is 23.5 Å². The van der Waals surface area contributed by atoms with Crippen LogP contribution in [-0.2, 0) is 0 Å². The Hall–Kier alpha value is -2.32. The van der Waals surface area contributed by atoms with Crippen LogP contribution in [0.25, 0.3) is 10.8 Å². The summed E-state index contributed by atoms with van der Waals surface area (Å²) in [4.78, 5) is 2.53. The number of phenols is 1. The lowest BCUT2D eigenvalue weighted by Crippen LogP contribution is -2.34. The van der Waals surface area contributed by atoms with Crippen molar-refractivity contribution in [3.63, 3.8) is 0 Å². The zero-order valence-corrected chi connectivity index (χ0v) is 13.9. The smallest absolute Gasteiger partial charge is 0.121 e. The molecule has 1 fully saturated rings. The van der Waals surface area contributed by atoms with Crippen molar-refractivity contribution in [1.82, 2.24) is 4.90 Å². The van der Waals surface area contributed by atoms with Crippen LogP contribution in [-0.4, -0.2) is 23.1 Å². The first kappa shape index (κ1) is 15.2. The summed E-state index contributed by atoms with van der Waals surface area (Å²) in [6.45, 7) is 2.17. The number of nitrogens with zero attached hydrogens (tertiary/aromatic N) is 1. The molecule has 1 saturated heterocycles. The van der Waals surface area contributed by atoms with Crippen molar-refractivity contribution in [2.45, 2.75) is 25.3 Å². The highest BCUT2D eigenvalue weighted by Crippen LogP contribution is 2.40. The number of hydrogen-bond donors (Lipinski definition) is 1. The van der Waals surface area contributed by atoms with Crippen LogP contribution in [0.1, 0.15) is 36.4 Å². The molecule has 1 aliphatic rings. The molecule has 3 aromatic carbocycles. The van der Waals surface area contributed by atoms with Crippen LogP contribution in [0.4, 0.5) is 0 Å². The number of hydrogen-bond acceptors (Lipinski definition) is 2. The summed E-state index contributed by atoms with van der Waals surface area (Å²) < 4.78 is 0. The summed E-state index contributed by atoms with van der Waals surface area (Å²) in [5.74, 6) is 0.396. The summed E-state index contributed by atoms with van der Waals surface area (Å²) in [7, 11) is 0. The first-order valence-electron chi connectivity index (χ1n) is 8.84. The minimum absolute atomic E-state index is 0.109. The summed E-state index contributed by atoms with van der Waals surface area (Å²) in [6.07, 6.45) is 3.77. The number of fused-ring (bicyclic) bond motifs is 1. The zero-order chi connectivity index (χ0) is 16.4. The van der Waals surface area contributed by atoms with Crippen LogP contribution in [0, 0.1) is 0 Å². The van der Waals surface area contributed by atoms with E-state index in [0.29, 0.717) is 5.75 Å². The lowest BCUT2D eigenvalue weighted by atomic mass is 9.90. The van der Waals surface area contributed by atoms with E-state index in [2.05, 4.69) is 59.5 Å². The third kappa shape index (κ3) is 2.78. The maximum absolute atomic E-state index is 10.7. The molecule has 4 rings (SSSR count). The first-order chi connectivity index (χ1) is 11.8. The van der Waals surface area contributed by atoms with E-state index in [0.717, 1.165) is 24.0 Å².